The van der Waals surface area contributed by atoms with Crippen LogP contribution in [0.4, 0.5) is 8.78 Å². The van der Waals surface area contributed by atoms with Gasteiger partial charge in [0.1, 0.15) is 0 Å². The smallest absolute Gasteiger partial charge is 0.248 e. The Bertz CT molecular complexity index is 467. The lowest BCUT2D eigenvalue weighted by molar-refractivity contribution is -0.0514. The van der Waals surface area contributed by atoms with E-state index in [2.05, 4.69) is 0 Å². The van der Waals surface area contributed by atoms with Crippen LogP contribution in [0.5, 0.6) is 11.5 Å². The molecular formula is C15H21F2NO2. The average molecular weight is 285 g/mol. The fraction of sp³-hybridized carbons (Fsp3) is 0.600. The van der Waals surface area contributed by atoms with Crippen molar-refractivity contribution in [3.05, 3.63) is 23.8 Å². The molecule has 0 saturated heterocycles. The van der Waals surface area contributed by atoms with Crippen LogP contribution in [0.15, 0.2) is 18.2 Å². The van der Waals surface area contributed by atoms with Gasteiger partial charge in [-0.15, -0.1) is 0 Å². The molecular weight excluding hydrogens is 264 g/mol. The molecule has 1 fully saturated rings. The van der Waals surface area contributed by atoms with Crippen LogP contribution in [0.3, 0.4) is 0 Å². The van der Waals surface area contributed by atoms with E-state index in [1.807, 2.05) is 19.1 Å². The minimum atomic E-state index is -2.59. The molecule has 0 bridgehead atoms. The Kier molecular flexibility index (Phi) is 4.18. The second kappa shape index (κ2) is 5.56. The second-order valence-electron chi connectivity index (χ2n) is 5.31. The number of nitrogens with two attached hydrogens (primary N) is 1. The molecule has 1 aromatic rings. The van der Waals surface area contributed by atoms with Crippen LogP contribution in [0.25, 0.3) is 0 Å². The first kappa shape index (κ1) is 15.0. The van der Waals surface area contributed by atoms with Gasteiger partial charge in [-0.3, -0.25) is 0 Å². The Balaban J connectivity index is 2.26. The lowest BCUT2D eigenvalue weighted by atomic mass is 9.76. The third-order valence-corrected chi connectivity index (χ3v) is 3.91. The Morgan fingerprint density at radius 2 is 1.80 bits per heavy atom. The third kappa shape index (κ3) is 3.03. The summed E-state index contributed by atoms with van der Waals surface area (Å²) in [5.41, 5.74) is 6.45. The molecule has 0 aliphatic heterocycles. The molecule has 112 valence electrons. The van der Waals surface area contributed by atoms with Crippen molar-refractivity contribution in [2.45, 2.75) is 44.1 Å². The molecule has 0 atom stereocenters. The molecule has 0 heterocycles. The zero-order valence-corrected chi connectivity index (χ0v) is 11.9. The summed E-state index contributed by atoms with van der Waals surface area (Å²) in [7, 11) is 1.57. The van der Waals surface area contributed by atoms with E-state index < -0.39 is 11.5 Å². The highest BCUT2D eigenvalue weighted by Gasteiger charge is 2.42. The molecule has 1 aliphatic carbocycles. The van der Waals surface area contributed by atoms with Gasteiger partial charge in [-0.2, -0.15) is 0 Å². The lowest BCUT2D eigenvalue weighted by Gasteiger charge is -2.37. The summed E-state index contributed by atoms with van der Waals surface area (Å²) in [6, 6.07) is 5.43. The van der Waals surface area contributed by atoms with Gasteiger partial charge in [0.25, 0.3) is 0 Å². The quantitative estimate of drug-likeness (QED) is 0.921. The highest BCUT2D eigenvalue weighted by Crippen LogP contribution is 2.43. The SMILES string of the molecule is CCOc1cc(C2(N)CCC(F)(F)CC2)ccc1OC. The minimum absolute atomic E-state index is 0.167. The van der Waals surface area contributed by atoms with E-state index in [0.717, 1.165) is 5.56 Å². The Morgan fingerprint density at radius 1 is 1.15 bits per heavy atom. The number of hydrogen-bond acceptors (Lipinski definition) is 3. The van der Waals surface area contributed by atoms with Crippen LogP contribution < -0.4 is 15.2 Å². The van der Waals surface area contributed by atoms with Crippen molar-refractivity contribution in [3.8, 4) is 11.5 Å². The molecule has 2 rings (SSSR count). The molecule has 0 amide bonds. The van der Waals surface area contributed by atoms with Gasteiger partial charge in [0.15, 0.2) is 11.5 Å². The molecule has 1 aliphatic rings. The summed E-state index contributed by atoms with van der Waals surface area (Å²) in [6.07, 6.45) is 0.217. The van der Waals surface area contributed by atoms with Crippen molar-refractivity contribution in [3.63, 3.8) is 0 Å². The monoisotopic (exact) mass is 285 g/mol. The standard InChI is InChI=1S/C15H21F2NO2/c1-3-20-13-10-11(4-5-12(13)19-2)14(18)6-8-15(16,17)9-7-14/h4-5,10H,3,6-9,18H2,1-2H3. The molecule has 20 heavy (non-hydrogen) atoms. The lowest BCUT2D eigenvalue weighted by Crippen LogP contribution is -2.43. The summed E-state index contributed by atoms with van der Waals surface area (Å²) >= 11 is 0. The second-order valence-corrected chi connectivity index (χ2v) is 5.31. The van der Waals surface area contributed by atoms with Crippen LogP contribution in [0.2, 0.25) is 0 Å². The van der Waals surface area contributed by atoms with Crippen LogP contribution in [0, 0.1) is 0 Å². The van der Waals surface area contributed by atoms with Crippen molar-refractivity contribution >= 4 is 0 Å². The number of hydrogen-bond donors (Lipinski definition) is 1. The highest BCUT2D eigenvalue weighted by molar-refractivity contribution is 5.45. The molecule has 0 spiro atoms. The van der Waals surface area contributed by atoms with Crippen LogP contribution in [-0.4, -0.2) is 19.6 Å². The van der Waals surface area contributed by atoms with E-state index in [-0.39, 0.29) is 25.7 Å². The Morgan fingerprint density at radius 3 is 2.35 bits per heavy atom. The normalized spacial score (nSPS) is 20.4. The minimum Gasteiger partial charge on any atom is -0.493 e. The molecule has 0 radical (unpaired) electrons. The maximum Gasteiger partial charge on any atom is 0.248 e. The van der Waals surface area contributed by atoms with Gasteiger partial charge < -0.3 is 15.2 Å². The van der Waals surface area contributed by atoms with E-state index in [9.17, 15) is 8.78 Å². The molecule has 2 N–H and O–H groups in total. The summed E-state index contributed by atoms with van der Waals surface area (Å²) in [5.74, 6) is -1.35. The van der Waals surface area contributed by atoms with Crippen molar-refractivity contribution in [1.82, 2.24) is 0 Å². The van der Waals surface area contributed by atoms with Gasteiger partial charge in [-0.05, 0) is 37.5 Å². The maximum absolute atomic E-state index is 13.3. The van der Waals surface area contributed by atoms with E-state index in [1.54, 1.807) is 13.2 Å². The van der Waals surface area contributed by atoms with Crippen molar-refractivity contribution in [2.75, 3.05) is 13.7 Å². The molecule has 1 aromatic carbocycles. The third-order valence-electron chi connectivity index (χ3n) is 3.91. The zero-order chi connectivity index (χ0) is 14.8. The Labute approximate surface area is 118 Å². The molecule has 5 heteroatoms. The van der Waals surface area contributed by atoms with Gasteiger partial charge >= 0.3 is 0 Å². The predicted molar refractivity (Wildman–Crippen MR) is 73.4 cm³/mol. The largest absolute Gasteiger partial charge is 0.493 e. The molecule has 0 aromatic heterocycles. The van der Waals surface area contributed by atoms with E-state index >= 15 is 0 Å². The van der Waals surface area contributed by atoms with Crippen molar-refractivity contribution in [1.29, 1.82) is 0 Å². The maximum atomic E-state index is 13.3. The zero-order valence-electron chi connectivity index (χ0n) is 11.9. The van der Waals surface area contributed by atoms with Crippen LogP contribution in [0.1, 0.15) is 38.2 Å². The predicted octanol–water partition coefficient (Wildman–Crippen LogP) is 3.46. The van der Waals surface area contributed by atoms with Gasteiger partial charge in [0.2, 0.25) is 5.92 Å². The number of halogens is 2. The number of benzene rings is 1. The van der Waals surface area contributed by atoms with Gasteiger partial charge in [-0.1, -0.05) is 6.07 Å². The molecule has 3 nitrogen and oxygen atoms in total. The summed E-state index contributed by atoms with van der Waals surface area (Å²) < 4.78 is 37.3. The van der Waals surface area contributed by atoms with E-state index in [1.165, 1.54) is 0 Å². The van der Waals surface area contributed by atoms with Gasteiger partial charge in [0, 0.05) is 18.4 Å². The summed E-state index contributed by atoms with van der Waals surface area (Å²) in [5, 5.41) is 0. The van der Waals surface area contributed by atoms with Crippen LogP contribution in [-0.2, 0) is 5.54 Å². The molecule has 1 saturated carbocycles. The first-order valence-corrected chi connectivity index (χ1v) is 6.88. The van der Waals surface area contributed by atoms with E-state index in [4.69, 9.17) is 15.2 Å². The summed E-state index contributed by atoms with van der Waals surface area (Å²) in [4.78, 5) is 0. The number of alkyl halides is 2. The molecule has 0 unspecified atom stereocenters. The first-order valence-electron chi connectivity index (χ1n) is 6.88. The van der Waals surface area contributed by atoms with Crippen molar-refractivity contribution in [2.24, 2.45) is 5.73 Å². The Hall–Kier alpha value is -1.36. The first-order chi connectivity index (χ1) is 9.40. The summed E-state index contributed by atoms with van der Waals surface area (Å²) in [6.45, 7) is 2.39. The van der Waals surface area contributed by atoms with Crippen LogP contribution >= 0.6 is 0 Å². The highest BCUT2D eigenvalue weighted by atomic mass is 19.3. The topological polar surface area (TPSA) is 44.5 Å². The van der Waals surface area contributed by atoms with Gasteiger partial charge in [-0.25, -0.2) is 8.78 Å². The number of methoxy groups -OCH3 is 1. The number of ether oxygens (including phenoxy) is 2. The van der Waals surface area contributed by atoms with E-state index in [0.29, 0.717) is 18.1 Å². The number of rotatable bonds is 4. The average Bonchev–Trinajstić information content (AvgIpc) is 2.43. The van der Waals surface area contributed by atoms with Crippen molar-refractivity contribution < 1.29 is 18.3 Å². The van der Waals surface area contributed by atoms with Gasteiger partial charge in [0.05, 0.1) is 13.7 Å². The fourth-order valence-corrected chi connectivity index (χ4v) is 2.61. The fourth-order valence-electron chi connectivity index (χ4n) is 2.61.